The molecule has 146 valence electrons. The number of thioether (sulfide) groups is 1. The van der Waals surface area contributed by atoms with Crippen LogP contribution in [0.2, 0.25) is 5.02 Å². The van der Waals surface area contributed by atoms with Gasteiger partial charge in [-0.1, -0.05) is 23.4 Å². The number of Topliss-reactive ketones (excluding diaryl/α,β-unsaturated/α-hetero) is 1. The second-order valence-electron chi connectivity index (χ2n) is 6.74. The highest BCUT2D eigenvalue weighted by atomic mass is 35.5. The molecule has 0 aliphatic carbocycles. The molecule has 8 heteroatoms. The number of fused-ring (bicyclic) bond motifs is 4. The van der Waals surface area contributed by atoms with E-state index in [-0.39, 0.29) is 11.5 Å². The van der Waals surface area contributed by atoms with Gasteiger partial charge in [0.2, 0.25) is 0 Å². The number of carbonyl (C=O) groups is 1. The van der Waals surface area contributed by atoms with Crippen LogP contribution in [0.3, 0.4) is 0 Å². The number of benzene rings is 2. The molecule has 0 bridgehead atoms. The molecule has 0 fully saturated rings. The van der Waals surface area contributed by atoms with Gasteiger partial charge in [0.25, 0.3) is 0 Å². The van der Waals surface area contributed by atoms with Crippen molar-refractivity contribution < 1.29 is 14.3 Å². The van der Waals surface area contributed by atoms with Gasteiger partial charge in [-0.05, 0) is 55.0 Å². The first-order valence-electron chi connectivity index (χ1n) is 9.10. The van der Waals surface area contributed by atoms with Crippen molar-refractivity contribution in [3.05, 3.63) is 58.6 Å². The van der Waals surface area contributed by atoms with E-state index < -0.39 is 0 Å². The van der Waals surface area contributed by atoms with Crippen molar-refractivity contribution >= 4 is 45.7 Å². The highest BCUT2D eigenvalue weighted by Crippen LogP contribution is 2.32. The largest absolute Gasteiger partial charge is 0.486 e. The number of carbonyl (C=O) groups excluding carboxylic acids is 1. The third-order valence-corrected chi connectivity index (χ3v) is 5.99. The van der Waals surface area contributed by atoms with Crippen LogP contribution in [0.15, 0.2) is 47.6 Å². The first kappa shape index (κ1) is 18.3. The fraction of sp³-hybridized carbons (Fsp3) is 0.190. The minimum atomic E-state index is -0.0109. The second kappa shape index (κ2) is 7.24. The van der Waals surface area contributed by atoms with Gasteiger partial charge in [-0.2, -0.15) is 0 Å². The van der Waals surface area contributed by atoms with Crippen LogP contribution in [0, 0.1) is 6.92 Å². The van der Waals surface area contributed by atoms with Gasteiger partial charge < -0.3 is 9.47 Å². The number of ether oxygens (including phenoxy) is 2. The molecular weight excluding hydrogens is 410 g/mol. The average molecular weight is 426 g/mol. The van der Waals surface area contributed by atoms with E-state index in [9.17, 15) is 4.79 Å². The molecular formula is C21H16ClN3O3S. The molecule has 0 spiro atoms. The van der Waals surface area contributed by atoms with E-state index in [0.29, 0.717) is 40.5 Å². The highest BCUT2D eigenvalue weighted by molar-refractivity contribution is 7.99. The third-order valence-electron chi connectivity index (χ3n) is 4.82. The van der Waals surface area contributed by atoms with Crippen LogP contribution >= 0.6 is 23.4 Å². The maximum Gasteiger partial charge on any atom is 0.196 e. The van der Waals surface area contributed by atoms with Gasteiger partial charge in [0.1, 0.15) is 13.2 Å². The molecule has 0 N–H and O–H groups in total. The van der Waals surface area contributed by atoms with E-state index in [0.717, 1.165) is 22.1 Å². The Kier molecular flexibility index (Phi) is 4.56. The van der Waals surface area contributed by atoms with Crippen molar-refractivity contribution in [1.82, 2.24) is 14.6 Å². The zero-order valence-electron chi connectivity index (χ0n) is 15.5. The lowest BCUT2D eigenvalue weighted by molar-refractivity contribution is 0.102. The van der Waals surface area contributed by atoms with Crippen molar-refractivity contribution in [2.24, 2.45) is 0 Å². The first-order valence-corrected chi connectivity index (χ1v) is 10.5. The molecule has 0 saturated carbocycles. The number of ketones is 1. The number of rotatable bonds is 4. The normalized spacial score (nSPS) is 13.2. The quantitative estimate of drug-likeness (QED) is 0.352. The zero-order chi connectivity index (χ0) is 20.0. The number of hydrogen-bond acceptors (Lipinski definition) is 6. The lowest BCUT2D eigenvalue weighted by Gasteiger charge is -2.18. The number of halogens is 1. The highest BCUT2D eigenvalue weighted by Gasteiger charge is 2.17. The van der Waals surface area contributed by atoms with Crippen LogP contribution in [-0.2, 0) is 0 Å². The summed E-state index contributed by atoms with van der Waals surface area (Å²) in [6, 6.07) is 13.0. The number of aromatic nitrogens is 3. The van der Waals surface area contributed by atoms with E-state index in [2.05, 4.69) is 10.2 Å². The summed E-state index contributed by atoms with van der Waals surface area (Å²) in [6.45, 7) is 3.03. The maximum absolute atomic E-state index is 12.7. The molecule has 0 saturated heterocycles. The average Bonchev–Trinajstić information content (AvgIpc) is 3.14. The Bertz CT molecular complexity index is 1270. The molecule has 29 heavy (non-hydrogen) atoms. The second-order valence-corrected chi connectivity index (χ2v) is 8.11. The van der Waals surface area contributed by atoms with Gasteiger partial charge in [-0.15, -0.1) is 10.2 Å². The zero-order valence-corrected chi connectivity index (χ0v) is 17.1. The molecule has 6 nitrogen and oxygen atoms in total. The summed E-state index contributed by atoms with van der Waals surface area (Å²) in [7, 11) is 0. The predicted octanol–water partition coefficient (Wildman–Crippen LogP) is 4.59. The lowest BCUT2D eigenvalue weighted by Crippen LogP contribution is -2.16. The van der Waals surface area contributed by atoms with E-state index in [1.54, 1.807) is 18.2 Å². The van der Waals surface area contributed by atoms with Gasteiger partial charge in [-0.25, -0.2) is 0 Å². The van der Waals surface area contributed by atoms with Crippen molar-refractivity contribution in [2.45, 2.75) is 12.1 Å². The molecule has 2 aromatic carbocycles. The Morgan fingerprint density at radius 2 is 1.93 bits per heavy atom. The fourth-order valence-corrected chi connectivity index (χ4v) is 4.43. The van der Waals surface area contributed by atoms with Crippen molar-refractivity contribution in [3.63, 3.8) is 0 Å². The van der Waals surface area contributed by atoms with Crippen molar-refractivity contribution in [1.29, 1.82) is 0 Å². The lowest BCUT2D eigenvalue weighted by atomic mass is 10.1. The Hall–Kier alpha value is -2.77. The summed E-state index contributed by atoms with van der Waals surface area (Å²) in [5.74, 6) is 1.51. The summed E-state index contributed by atoms with van der Waals surface area (Å²) < 4.78 is 13.0. The van der Waals surface area contributed by atoms with E-state index in [1.807, 2.05) is 35.6 Å². The predicted molar refractivity (Wildman–Crippen MR) is 113 cm³/mol. The minimum absolute atomic E-state index is 0.0109. The first-order chi connectivity index (χ1) is 14.1. The molecule has 2 aromatic heterocycles. The summed E-state index contributed by atoms with van der Waals surface area (Å²) in [4.78, 5) is 12.7. The van der Waals surface area contributed by atoms with E-state index in [1.165, 1.54) is 11.8 Å². The van der Waals surface area contributed by atoms with Crippen LogP contribution in [0.4, 0.5) is 0 Å². The van der Waals surface area contributed by atoms with Crippen molar-refractivity contribution in [2.75, 3.05) is 19.0 Å². The Balaban J connectivity index is 1.44. The Morgan fingerprint density at radius 1 is 1.10 bits per heavy atom. The number of aryl methyl sites for hydroxylation is 1. The van der Waals surface area contributed by atoms with Gasteiger partial charge in [0.15, 0.2) is 28.1 Å². The standard InChI is InChI=1S/C21H16ClN3O3S/c1-12-8-20-23-24-21(25(20)16-4-3-14(22)10-15(12)16)29-11-17(26)13-2-5-18-19(9-13)28-7-6-27-18/h2-5,8-10H,6-7,11H2,1H3. The van der Waals surface area contributed by atoms with Crippen LogP contribution in [0.5, 0.6) is 11.5 Å². The van der Waals surface area contributed by atoms with Crippen LogP contribution in [0.1, 0.15) is 15.9 Å². The SMILES string of the molecule is Cc1cc2nnc(SCC(=O)c3ccc4c(c3)OCCO4)n2c2ccc(Cl)cc12. The van der Waals surface area contributed by atoms with Crippen LogP contribution < -0.4 is 9.47 Å². The topological polar surface area (TPSA) is 65.7 Å². The molecule has 0 radical (unpaired) electrons. The monoisotopic (exact) mass is 425 g/mol. The maximum atomic E-state index is 12.7. The summed E-state index contributed by atoms with van der Waals surface area (Å²) in [6.07, 6.45) is 0. The minimum Gasteiger partial charge on any atom is -0.486 e. The summed E-state index contributed by atoms with van der Waals surface area (Å²) in [5, 5.41) is 10.9. The van der Waals surface area contributed by atoms with E-state index in [4.69, 9.17) is 21.1 Å². The number of hydrogen-bond donors (Lipinski definition) is 0. The molecule has 3 heterocycles. The summed E-state index contributed by atoms with van der Waals surface area (Å²) >= 11 is 7.52. The molecule has 5 rings (SSSR count). The molecule has 0 atom stereocenters. The fourth-order valence-electron chi connectivity index (χ4n) is 3.42. The van der Waals surface area contributed by atoms with Gasteiger partial charge in [0.05, 0.1) is 11.3 Å². The van der Waals surface area contributed by atoms with Crippen molar-refractivity contribution in [3.8, 4) is 11.5 Å². The molecule has 4 aromatic rings. The van der Waals surface area contributed by atoms with Crippen LogP contribution in [0.25, 0.3) is 16.6 Å². The van der Waals surface area contributed by atoms with Gasteiger partial charge in [-0.3, -0.25) is 9.20 Å². The Labute approximate surface area is 175 Å². The third kappa shape index (κ3) is 3.30. The molecule has 1 aliphatic rings. The molecule has 1 aliphatic heterocycles. The molecule has 0 amide bonds. The Morgan fingerprint density at radius 3 is 2.79 bits per heavy atom. The number of pyridine rings is 1. The smallest absolute Gasteiger partial charge is 0.196 e. The number of nitrogens with zero attached hydrogens (tertiary/aromatic N) is 3. The summed E-state index contributed by atoms with van der Waals surface area (Å²) in [5.41, 5.74) is 3.37. The van der Waals surface area contributed by atoms with Crippen LogP contribution in [-0.4, -0.2) is 39.3 Å². The van der Waals surface area contributed by atoms with Gasteiger partial charge >= 0.3 is 0 Å². The van der Waals surface area contributed by atoms with Gasteiger partial charge in [0, 0.05) is 16.0 Å². The molecule has 0 unspecified atom stereocenters. The van der Waals surface area contributed by atoms with E-state index >= 15 is 0 Å².